The van der Waals surface area contributed by atoms with Gasteiger partial charge in [0.15, 0.2) is 0 Å². The lowest BCUT2D eigenvalue weighted by Crippen LogP contribution is -2.31. The Bertz CT molecular complexity index is 624. The second-order valence-corrected chi connectivity index (χ2v) is 5.52. The predicted molar refractivity (Wildman–Crippen MR) is 81.9 cm³/mol. The zero-order valence-electron chi connectivity index (χ0n) is 12.9. The van der Waals surface area contributed by atoms with Crippen LogP contribution in [0.5, 0.6) is 0 Å². The molecule has 1 aliphatic heterocycles. The maximum atomic E-state index is 12.6. The van der Waals surface area contributed by atoms with Gasteiger partial charge in [-0.25, -0.2) is 4.98 Å². The van der Waals surface area contributed by atoms with Crippen LogP contribution in [0.1, 0.15) is 43.7 Å². The van der Waals surface area contributed by atoms with E-state index in [4.69, 9.17) is 0 Å². The number of imidazole rings is 1. The molecule has 0 N–H and O–H groups in total. The van der Waals surface area contributed by atoms with Crippen molar-refractivity contribution in [3.8, 4) is 0 Å². The summed E-state index contributed by atoms with van der Waals surface area (Å²) in [5.74, 6) is 1.21. The van der Waals surface area contributed by atoms with Gasteiger partial charge in [0, 0.05) is 50.7 Å². The Morgan fingerprint density at radius 1 is 1.32 bits per heavy atom. The Morgan fingerprint density at radius 2 is 2.23 bits per heavy atom. The molecule has 2 aromatic rings. The molecular formula is C16H21N5O. The molecule has 6 nitrogen and oxygen atoms in total. The average molecular weight is 299 g/mol. The maximum absolute atomic E-state index is 12.6. The highest BCUT2D eigenvalue weighted by Crippen LogP contribution is 2.30. The lowest BCUT2D eigenvalue weighted by Gasteiger charge is -2.24. The number of carbonyl (C=O) groups excluding carboxylic acids is 1. The summed E-state index contributed by atoms with van der Waals surface area (Å²) < 4.78 is 2.06. The third kappa shape index (κ3) is 3.00. The van der Waals surface area contributed by atoms with Gasteiger partial charge in [0.05, 0.1) is 17.9 Å². The van der Waals surface area contributed by atoms with E-state index < -0.39 is 0 Å². The number of amides is 1. The van der Waals surface area contributed by atoms with E-state index in [9.17, 15) is 4.79 Å². The minimum Gasteiger partial charge on any atom is -0.334 e. The number of hydrogen-bond acceptors (Lipinski definition) is 4. The van der Waals surface area contributed by atoms with Crippen LogP contribution in [-0.4, -0.2) is 36.9 Å². The summed E-state index contributed by atoms with van der Waals surface area (Å²) in [5, 5.41) is 0. The topological polar surface area (TPSA) is 63.9 Å². The molecule has 0 aromatic carbocycles. The van der Waals surface area contributed by atoms with Crippen LogP contribution in [0.2, 0.25) is 0 Å². The molecule has 0 radical (unpaired) electrons. The summed E-state index contributed by atoms with van der Waals surface area (Å²) in [6.07, 6.45) is 12.2. The molecule has 0 bridgehead atoms. The van der Waals surface area contributed by atoms with Crippen LogP contribution >= 0.6 is 0 Å². The molecule has 116 valence electrons. The van der Waals surface area contributed by atoms with E-state index in [2.05, 4.69) is 26.4 Å². The second kappa shape index (κ2) is 6.68. The summed E-state index contributed by atoms with van der Waals surface area (Å²) in [4.78, 5) is 27.3. The van der Waals surface area contributed by atoms with Crippen LogP contribution in [0.3, 0.4) is 0 Å². The zero-order chi connectivity index (χ0) is 15.4. The summed E-state index contributed by atoms with van der Waals surface area (Å²) >= 11 is 0. The molecule has 0 spiro atoms. The quantitative estimate of drug-likeness (QED) is 0.847. The van der Waals surface area contributed by atoms with E-state index in [1.807, 2.05) is 11.1 Å². The SMILES string of the molecule is CCc1nccn1CCC(=O)N1CCC[C@@H]1c1cnccn1. The number of rotatable bonds is 5. The number of nitrogens with zero attached hydrogens (tertiary/aromatic N) is 5. The predicted octanol–water partition coefficient (Wildman–Crippen LogP) is 1.99. The van der Waals surface area contributed by atoms with Crippen LogP contribution in [0.25, 0.3) is 0 Å². The maximum Gasteiger partial charge on any atom is 0.224 e. The Hall–Kier alpha value is -2.24. The van der Waals surface area contributed by atoms with Crippen LogP contribution in [0.15, 0.2) is 31.0 Å². The van der Waals surface area contributed by atoms with Gasteiger partial charge in [0.1, 0.15) is 5.82 Å². The molecule has 2 aromatic heterocycles. The molecule has 6 heteroatoms. The van der Waals surface area contributed by atoms with Crippen molar-refractivity contribution in [3.05, 3.63) is 42.5 Å². The second-order valence-electron chi connectivity index (χ2n) is 5.52. The van der Waals surface area contributed by atoms with Crippen molar-refractivity contribution in [3.63, 3.8) is 0 Å². The van der Waals surface area contributed by atoms with Gasteiger partial charge < -0.3 is 9.47 Å². The largest absolute Gasteiger partial charge is 0.334 e. The van der Waals surface area contributed by atoms with E-state index in [1.165, 1.54) is 0 Å². The molecular weight excluding hydrogens is 278 g/mol. The normalized spacial score (nSPS) is 17.9. The summed E-state index contributed by atoms with van der Waals surface area (Å²) in [6, 6.07) is 0.0784. The van der Waals surface area contributed by atoms with Gasteiger partial charge in [0.2, 0.25) is 5.91 Å². The molecule has 3 heterocycles. The fraction of sp³-hybridized carbons (Fsp3) is 0.500. The van der Waals surface area contributed by atoms with Crippen molar-refractivity contribution in [2.24, 2.45) is 0 Å². The van der Waals surface area contributed by atoms with Gasteiger partial charge in [0.25, 0.3) is 0 Å². The Morgan fingerprint density at radius 3 is 3.00 bits per heavy atom. The van der Waals surface area contributed by atoms with Crippen LogP contribution in [0.4, 0.5) is 0 Å². The van der Waals surface area contributed by atoms with Gasteiger partial charge in [-0.2, -0.15) is 0 Å². The fourth-order valence-corrected chi connectivity index (χ4v) is 3.07. The molecule has 1 saturated heterocycles. The summed E-state index contributed by atoms with van der Waals surface area (Å²) in [5.41, 5.74) is 0.894. The van der Waals surface area contributed by atoms with Crippen molar-refractivity contribution in [1.29, 1.82) is 0 Å². The zero-order valence-corrected chi connectivity index (χ0v) is 12.9. The number of carbonyl (C=O) groups is 1. The summed E-state index contributed by atoms with van der Waals surface area (Å²) in [6.45, 7) is 3.57. The van der Waals surface area contributed by atoms with E-state index in [-0.39, 0.29) is 11.9 Å². The number of aryl methyl sites for hydroxylation is 2. The van der Waals surface area contributed by atoms with Crippen molar-refractivity contribution in [1.82, 2.24) is 24.4 Å². The van der Waals surface area contributed by atoms with E-state index >= 15 is 0 Å². The molecule has 0 unspecified atom stereocenters. The Labute approximate surface area is 130 Å². The molecule has 0 saturated carbocycles. The molecule has 1 fully saturated rings. The van der Waals surface area contributed by atoms with Crippen molar-refractivity contribution < 1.29 is 4.79 Å². The van der Waals surface area contributed by atoms with E-state index in [0.29, 0.717) is 13.0 Å². The number of aromatic nitrogens is 4. The van der Waals surface area contributed by atoms with Crippen LogP contribution in [-0.2, 0) is 17.8 Å². The molecule has 1 aliphatic rings. The standard InChI is InChI=1S/C16H21N5O/c1-2-15-19-8-11-20(15)10-5-16(22)21-9-3-4-14(21)13-12-17-6-7-18-13/h6-8,11-12,14H,2-5,9-10H2,1H3/t14-/m1/s1. The highest BCUT2D eigenvalue weighted by Gasteiger charge is 2.30. The first-order valence-corrected chi connectivity index (χ1v) is 7.85. The number of hydrogen-bond donors (Lipinski definition) is 0. The molecule has 22 heavy (non-hydrogen) atoms. The van der Waals surface area contributed by atoms with Gasteiger partial charge >= 0.3 is 0 Å². The van der Waals surface area contributed by atoms with Crippen molar-refractivity contribution >= 4 is 5.91 Å². The van der Waals surface area contributed by atoms with Crippen molar-refractivity contribution in [2.45, 2.75) is 45.2 Å². The van der Waals surface area contributed by atoms with E-state index in [0.717, 1.165) is 37.3 Å². The fourth-order valence-electron chi connectivity index (χ4n) is 3.07. The van der Waals surface area contributed by atoms with Crippen LogP contribution in [0, 0.1) is 0 Å². The van der Waals surface area contributed by atoms with Crippen LogP contribution < -0.4 is 0 Å². The highest BCUT2D eigenvalue weighted by molar-refractivity contribution is 5.76. The molecule has 3 rings (SSSR count). The minimum atomic E-state index is 0.0784. The first kappa shape index (κ1) is 14.7. The molecule has 1 amide bonds. The monoisotopic (exact) mass is 299 g/mol. The Kier molecular flexibility index (Phi) is 4.46. The third-order valence-corrected chi connectivity index (χ3v) is 4.18. The van der Waals surface area contributed by atoms with Crippen molar-refractivity contribution in [2.75, 3.05) is 6.54 Å². The van der Waals surface area contributed by atoms with Gasteiger partial charge in [-0.1, -0.05) is 6.92 Å². The van der Waals surface area contributed by atoms with Gasteiger partial charge in [-0.05, 0) is 12.8 Å². The van der Waals surface area contributed by atoms with Gasteiger partial charge in [-0.15, -0.1) is 0 Å². The lowest BCUT2D eigenvalue weighted by atomic mass is 10.1. The minimum absolute atomic E-state index is 0.0784. The third-order valence-electron chi connectivity index (χ3n) is 4.18. The molecule has 1 atom stereocenters. The van der Waals surface area contributed by atoms with E-state index in [1.54, 1.807) is 24.8 Å². The highest BCUT2D eigenvalue weighted by atomic mass is 16.2. The smallest absolute Gasteiger partial charge is 0.224 e. The summed E-state index contributed by atoms with van der Waals surface area (Å²) in [7, 11) is 0. The first-order chi connectivity index (χ1) is 10.8. The first-order valence-electron chi connectivity index (χ1n) is 7.85. The average Bonchev–Trinajstić information content (AvgIpc) is 3.22. The number of likely N-dealkylation sites (tertiary alicyclic amines) is 1. The van der Waals surface area contributed by atoms with Gasteiger partial charge in [-0.3, -0.25) is 14.8 Å². The lowest BCUT2D eigenvalue weighted by molar-refractivity contribution is -0.132. The molecule has 0 aliphatic carbocycles. The Balaban J connectivity index is 1.64.